The van der Waals surface area contributed by atoms with Crippen molar-refractivity contribution in [2.45, 2.75) is 31.3 Å². The molecule has 0 aliphatic carbocycles. The van der Waals surface area contributed by atoms with Crippen LogP contribution in [0.4, 0.5) is 0 Å². The first-order valence-electron chi connectivity index (χ1n) is 4.10. The number of aliphatic hydroxyl groups excluding tert-OH is 1. The molecule has 0 aromatic carbocycles. The van der Waals surface area contributed by atoms with Crippen molar-refractivity contribution in [3.8, 4) is 0 Å². The zero-order valence-electron chi connectivity index (χ0n) is 6.97. The van der Waals surface area contributed by atoms with Gasteiger partial charge in [-0.1, -0.05) is 13.3 Å². The van der Waals surface area contributed by atoms with Crippen molar-refractivity contribution in [3.05, 3.63) is 0 Å². The second-order valence-electron chi connectivity index (χ2n) is 3.05. The molecule has 1 aliphatic rings. The third kappa shape index (κ3) is 1.97. The predicted molar refractivity (Wildman–Crippen MR) is 44.5 cm³/mol. The predicted octanol–water partition coefficient (Wildman–Crippen LogP) is -0.269. The summed E-state index contributed by atoms with van der Waals surface area (Å²) in [6.07, 6.45) is 0.605. The minimum atomic E-state index is -2.57. The van der Waals surface area contributed by atoms with Gasteiger partial charge in [-0.15, -0.1) is 0 Å². The van der Waals surface area contributed by atoms with Crippen LogP contribution >= 0.6 is 0 Å². The SMILES string of the molecule is CCC[C@H]1COC(O)C1[SH](=O)=O. The lowest BCUT2D eigenvalue weighted by Crippen LogP contribution is -2.27. The minimum absolute atomic E-state index is 0.0221. The largest absolute Gasteiger partial charge is 0.367 e. The van der Waals surface area contributed by atoms with Crippen LogP contribution in [-0.4, -0.2) is 31.7 Å². The normalized spacial score (nSPS) is 36.1. The quantitative estimate of drug-likeness (QED) is 0.607. The zero-order valence-corrected chi connectivity index (χ0v) is 7.87. The van der Waals surface area contributed by atoms with Crippen LogP contribution in [0, 0.1) is 5.92 Å². The van der Waals surface area contributed by atoms with E-state index < -0.39 is 22.2 Å². The van der Waals surface area contributed by atoms with E-state index in [0.717, 1.165) is 12.8 Å². The van der Waals surface area contributed by atoms with Gasteiger partial charge < -0.3 is 9.84 Å². The third-order valence-electron chi connectivity index (χ3n) is 2.16. The van der Waals surface area contributed by atoms with Crippen molar-refractivity contribution in [1.29, 1.82) is 0 Å². The Bertz CT molecular complexity index is 203. The molecule has 4 nitrogen and oxygen atoms in total. The zero-order chi connectivity index (χ0) is 9.14. The van der Waals surface area contributed by atoms with E-state index in [1.165, 1.54) is 0 Å². The maximum absolute atomic E-state index is 10.7. The molecule has 2 unspecified atom stereocenters. The van der Waals surface area contributed by atoms with Gasteiger partial charge in [0.1, 0.15) is 16.0 Å². The molecule has 3 atom stereocenters. The highest BCUT2D eigenvalue weighted by molar-refractivity contribution is 7.73. The Hall–Kier alpha value is -0.130. The molecule has 72 valence electrons. The minimum Gasteiger partial charge on any atom is -0.367 e. The smallest absolute Gasteiger partial charge is 0.171 e. The lowest BCUT2D eigenvalue weighted by Gasteiger charge is -2.11. The summed E-state index contributed by atoms with van der Waals surface area (Å²) in [5, 5.41) is 8.46. The molecule has 0 spiro atoms. The Kier molecular flexibility index (Phi) is 3.49. The Labute approximate surface area is 73.5 Å². The van der Waals surface area contributed by atoms with Gasteiger partial charge >= 0.3 is 0 Å². The van der Waals surface area contributed by atoms with E-state index in [1.807, 2.05) is 6.92 Å². The molecule has 0 aromatic heterocycles. The lowest BCUT2D eigenvalue weighted by atomic mass is 10.0. The second kappa shape index (κ2) is 4.20. The maximum Gasteiger partial charge on any atom is 0.171 e. The summed E-state index contributed by atoms with van der Waals surface area (Å²) in [5.41, 5.74) is 0. The average molecular weight is 194 g/mol. The van der Waals surface area contributed by atoms with Gasteiger partial charge in [0.05, 0.1) is 6.61 Å². The lowest BCUT2D eigenvalue weighted by molar-refractivity contribution is -0.0570. The molecule has 1 N–H and O–H groups in total. The number of aliphatic hydroxyl groups is 1. The fourth-order valence-corrected chi connectivity index (χ4v) is 2.43. The highest BCUT2D eigenvalue weighted by Gasteiger charge is 2.37. The highest BCUT2D eigenvalue weighted by atomic mass is 32.2. The van der Waals surface area contributed by atoms with E-state index in [2.05, 4.69) is 0 Å². The standard InChI is InChI=1S/C7H14O4S/c1-2-3-5-4-11-7(8)6(5)12(9)10/h5-8,12H,2-4H2,1H3/t5-,6?,7?/m0/s1. The van der Waals surface area contributed by atoms with E-state index in [0.29, 0.717) is 6.61 Å². The van der Waals surface area contributed by atoms with Crippen molar-refractivity contribution >= 4 is 10.7 Å². The molecule has 1 fully saturated rings. The van der Waals surface area contributed by atoms with Crippen molar-refractivity contribution in [1.82, 2.24) is 0 Å². The Balaban J connectivity index is 2.63. The van der Waals surface area contributed by atoms with Gasteiger partial charge in [0.15, 0.2) is 6.29 Å². The maximum atomic E-state index is 10.7. The van der Waals surface area contributed by atoms with Crippen LogP contribution in [0.1, 0.15) is 19.8 Å². The van der Waals surface area contributed by atoms with Gasteiger partial charge in [0, 0.05) is 5.92 Å². The van der Waals surface area contributed by atoms with Gasteiger partial charge in [-0.2, -0.15) is 0 Å². The number of hydrogen-bond acceptors (Lipinski definition) is 4. The van der Waals surface area contributed by atoms with Crippen molar-refractivity contribution in [3.63, 3.8) is 0 Å². The first kappa shape index (κ1) is 9.95. The number of hydrogen-bond donors (Lipinski definition) is 2. The second-order valence-corrected chi connectivity index (χ2v) is 4.22. The monoisotopic (exact) mass is 194 g/mol. The molecule has 1 heterocycles. The molecule has 1 aliphatic heterocycles. The molecule has 1 saturated heterocycles. The van der Waals surface area contributed by atoms with Gasteiger partial charge in [0.25, 0.3) is 0 Å². The van der Waals surface area contributed by atoms with E-state index in [-0.39, 0.29) is 5.92 Å². The summed E-state index contributed by atoms with van der Waals surface area (Å²) in [6, 6.07) is 0. The summed E-state index contributed by atoms with van der Waals surface area (Å²) in [7, 11) is -2.57. The average Bonchev–Trinajstić information content (AvgIpc) is 2.32. The molecule has 0 bridgehead atoms. The molecule has 0 saturated carbocycles. The van der Waals surface area contributed by atoms with Crippen LogP contribution in [0.3, 0.4) is 0 Å². The molecule has 0 radical (unpaired) electrons. The molecular weight excluding hydrogens is 180 g/mol. The van der Waals surface area contributed by atoms with Crippen LogP contribution in [0.25, 0.3) is 0 Å². The summed E-state index contributed by atoms with van der Waals surface area (Å²) in [4.78, 5) is 0. The van der Waals surface area contributed by atoms with Crippen molar-refractivity contribution < 1.29 is 18.3 Å². The fraction of sp³-hybridized carbons (Fsp3) is 1.00. The molecule has 0 aromatic rings. The van der Waals surface area contributed by atoms with Crippen LogP contribution in [0.15, 0.2) is 0 Å². The van der Waals surface area contributed by atoms with Crippen LogP contribution in [-0.2, 0) is 15.4 Å². The summed E-state index contributed by atoms with van der Waals surface area (Å²) < 4.78 is 26.3. The van der Waals surface area contributed by atoms with Gasteiger partial charge in [-0.3, -0.25) is 0 Å². The topological polar surface area (TPSA) is 63.6 Å². The number of ether oxygens (including phenoxy) is 1. The van der Waals surface area contributed by atoms with E-state index in [1.54, 1.807) is 0 Å². The molecular formula is C7H14O4S. The van der Waals surface area contributed by atoms with Crippen LogP contribution < -0.4 is 0 Å². The van der Waals surface area contributed by atoms with E-state index >= 15 is 0 Å². The van der Waals surface area contributed by atoms with E-state index in [9.17, 15) is 8.42 Å². The Morgan fingerprint density at radius 3 is 2.75 bits per heavy atom. The molecule has 1 rings (SSSR count). The van der Waals surface area contributed by atoms with Crippen molar-refractivity contribution in [2.24, 2.45) is 5.92 Å². The number of thiol groups is 1. The molecule has 5 heteroatoms. The van der Waals surface area contributed by atoms with E-state index in [4.69, 9.17) is 9.84 Å². The Morgan fingerprint density at radius 2 is 2.25 bits per heavy atom. The molecule has 0 amide bonds. The van der Waals surface area contributed by atoms with Gasteiger partial charge in [0.2, 0.25) is 0 Å². The van der Waals surface area contributed by atoms with Gasteiger partial charge in [-0.25, -0.2) is 8.42 Å². The number of rotatable bonds is 3. The van der Waals surface area contributed by atoms with Gasteiger partial charge in [-0.05, 0) is 6.42 Å². The third-order valence-corrected chi connectivity index (χ3v) is 3.32. The van der Waals surface area contributed by atoms with Crippen LogP contribution in [0.5, 0.6) is 0 Å². The van der Waals surface area contributed by atoms with Crippen LogP contribution in [0.2, 0.25) is 0 Å². The molecule has 12 heavy (non-hydrogen) atoms. The first-order valence-corrected chi connectivity index (χ1v) is 5.34. The van der Waals surface area contributed by atoms with Crippen molar-refractivity contribution in [2.75, 3.05) is 6.61 Å². The first-order chi connectivity index (χ1) is 5.66. The fourth-order valence-electron chi connectivity index (χ4n) is 1.55. The summed E-state index contributed by atoms with van der Waals surface area (Å²) in [6.45, 7) is 2.35. The Morgan fingerprint density at radius 1 is 1.58 bits per heavy atom. The summed E-state index contributed by atoms with van der Waals surface area (Å²) >= 11 is 0. The summed E-state index contributed by atoms with van der Waals surface area (Å²) in [5.74, 6) is -0.0221. The highest BCUT2D eigenvalue weighted by Crippen LogP contribution is 2.25.